The van der Waals surface area contributed by atoms with Gasteiger partial charge in [0.1, 0.15) is 0 Å². The lowest BCUT2D eigenvalue weighted by Crippen LogP contribution is -2.39. The summed E-state index contributed by atoms with van der Waals surface area (Å²) in [4.78, 5) is 12.8. The van der Waals surface area contributed by atoms with Crippen LogP contribution in [0, 0.1) is 5.92 Å². The Hall–Kier alpha value is -2.18. The maximum absolute atomic E-state index is 12.6. The van der Waals surface area contributed by atoms with Crippen molar-refractivity contribution in [1.82, 2.24) is 5.32 Å². The number of nitrogens with one attached hydrogen (secondary N) is 2. The molecule has 2 bridgehead atoms. The van der Waals surface area contributed by atoms with Crippen molar-refractivity contribution in [2.45, 2.75) is 54.8 Å². The van der Waals surface area contributed by atoms with E-state index in [4.69, 9.17) is 0 Å². The summed E-state index contributed by atoms with van der Waals surface area (Å²) in [5.41, 5.74) is 1.32. The van der Waals surface area contributed by atoms with E-state index < -0.39 is 9.84 Å². The molecule has 4 rings (SSSR count). The van der Waals surface area contributed by atoms with Crippen LogP contribution in [-0.2, 0) is 20.4 Å². The van der Waals surface area contributed by atoms with E-state index >= 15 is 0 Å². The third kappa shape index (κ3) is 4.62. The van der Waals surface area contributed by atoms with Gasteiger partial charge in [0.15, 0.2) is 9.84 Å². The van der Waals surface area contributed by atoms with Crippen molar-refractivity contribution in [3.63, 3.8) is 0 Å². The van der Waals surface area contributed by atoms with Crippen molar-refractivity contribution in [3.05, 3.63) is 60.2 Å². The number of carbonyl (C=O) groups excluding carboxylic acids is 1. The first-order valence-electron chi connectivity index (χ1n) is 9.90. The predicted molar refractivity (Wildman–Crippen MR) is 110 cm³/mol. The lowest BCUT2D eigenvalue weighted by molar-refractivity contribution is -0.117. The zero-order chi connectivity index (χ0) is 19.6. The van der Waals surface area contributed by atoms with Gasteiger partial charge in [0.25, 0.3) is 0 Å². The molecule has 6 heteroatoms. The quantitative estimate of drug-likeness (QED) is 0.781. The highest BCUT2D eigenvalue weighted by molar-refractivity contribution is 7.90. The molecule has 0 aliphatic carbocycles. The third-order valence-corrected chi connectivity index (χ3v) is 7.42. The Bertz CT molecular complexity index is 931. The van der Waals surface area contributed by atoms with Crippen LogP contribution in [0.2, 0.25) is 0 Å². The zero-order valence-corrected chi connectivity index (χ0v) is 16.6. The molecule has 2 saturated heterocycles. The Balaban J connectivity index is 1.38. The molecule has 2 N–H and O–H groups in total. The number of hydrogen-bond donors (Lipinski definition) is 2. The van der Waals surface area contributed by atoms with E-state index in [0.717, 1.165) is 12.8 Å². The van der Waals surface area contributed by atoms with Gasteiger partial charge < -0.3 is 10.6 Å². The van der Waals surface area contributed by atoms with E-state index in [1.54, 1.807) is 48.5 Å². The Labute approximate surface area is 166 Å². The second kappa shape index (κ2) is 8.05. The van der Waals surface area contributed by atoms with Gasteiger partial charge in [-0.1, -0.05) is 30.3 Å². The van der Waals surface area contributed by atoms with Crippen LogP contribution in [0.25, 0.3) is 0 Å². The Morgan fingerprint density at radius 2 is 1.71 bits per heavy atom. The monoisotopic (exact) mass is 398 g/mol. The normalized spacial score (nSPS) is 24.1. The van der Waals surface area contributed by atoms with E-state index in [2.05, 4.69) is 10.6 Å². The fourth-order valence-electron chi connectivity index (χ4n) is 4.49. The summed E-state index contributed by atoms with van der Waals surface area (Å²) >= 11 is 0. The van der Waals surface area contributed by atoms with Gasteiger partial charge in [-0.05, 0) is 61.4 Å². The van der Waals surface area contributed by atoms with Crippen LogP contribution in [0.5, 0.6) is 0 Å². The summed E-state index contributed by atoms with van der Waals surface area (Å²) in [6, 6.07) is 16.7. The number of hydrogen-bond acceptors (Lipinski definition) is 4. The van der Waals surface area contributed by atoms with Gasteiger partial charge in [0, 0.05) is 24.2 Å². The number of piperidine rings is 1. The number of sulfone groups is 1. The van der Waals surface area contributed by atoms with Crippen molar-refractivity contribution in [2.24, 2.45) is 5.92 Å². The largest absolute Gasteiger partial charge is 0.326 e. The Kier molecular flexibility index (Phi) is 5.51. The topological polar surface area (TPSA) is 75.3 Å². The van der Waals surface area contributed by atoms with Crippen molar-refractivity contribution < 1.29 is 13.2 Å². The minimum Gasteiger partial charge on any atom is -0.326 e. The molecular formula is C22H26N2O3S. The fraction of sp³-hybridized carbons (Fsp3) is 0.409. The van der Waals surface area contributed by atoms with E-state index in [1.807, 2.05) is 6.07 Å². The van der Waals surface area contributed by atoms with Crippen molar-refractivity contribution in [2.75, 3.05) is 5.32 Å². The first kappa shape index (κ1) is 19.2. The first-order chi connectivity index (χ1) is 13.5. The molecule has 2 aromatic carbocycles. The molecule has 2 aliphatic heterocycles. The highest BCUT2D eigenvalue weighted by atomic mass is 32.2. The van der Waals surface area contributed by atoms with Crippen LogP contribution >= 0.6 is 0 Å². The first-order valence-corrected chi connectivity index (χ1v) is 11.6. The molecule has 148 valence electrons. The number of carbonyl (C=O) groups is 1. The predicted octanol–water partition coefficient (Wildman–Crippen LogP) is 3.52. The van der Waals surface area contributed by atoms with Gasteiger partial charge in [-0.25, -0.2) is 8.42 Å². The number of fused-ring (bicyclic) bond motifs is 2. The third-order valence-electron chi connectivity index (χ3n) is 5.71. The van der Waals surface area contributed by atoms with Gasteiger partial charge >= 0.3 is 0 Å². The van der Waals surface area contributed by atoms with E-state index in [0.29, 0.717) is 40.6 Å². The highest BCUT2D eigenvalue weighted by Gasteiger charge is 2.34. The molecule has 28 heavy (non-hydrogen) atoms. The van der Waals surface area contributed by atoms with Crippen LogP contribution in [-0.4, -0.2) is 26.4 Å². The Morgan fingerprint density at radius 3 is 2.43 bits per heavy atom. The number of benzene rings is 2. The molecule has 2 fully saturated rings. The SMILES string of the molecule is O=C(CC1CC2CCC(C1)N2)Nc1cccc(CS(=O)(=O)c2ccccc2)c1. The molecule has 5 nitrogen and oxygen atoms in total. The van der Waals surface area contributed by atoms with Crippen LogP contribution in [0.4, 0.5) is 5.69 Å². The molecule has 0 saturated carbocycles. The molecule has 0 spiro atoms. The van der Waals surface area contributed by atoms with Crippen LogP contribution < -0.4 is 10.6 Å². The lowest BCUT2D eigenvalue weighted by atomic mass is 9.89. The second-order valence-corrected chi connectivity index (χ2v) is 9.99. The second-order valence-electron chi connectivity index (χ2n) is 8.00. The van der Waals surface area contributed by atoms with Crippen molar-refractivity contribution in [1.29, 1.82) is 0 Å². The minimum absolute atomic E-state index is 0.00867. The Morgan fingerprint density at radius 1 is 1.00 bits per heavy atom. The molecule has 2 aliphatic rings. The molecule has 1 amide bonds. The average molecular weight is 399 g/mol. The number of anilines is 1. The standard InChI is InChI=1S/C22H26N2O3S/c25-22(14-17-12-19-9-10-20(13-17)23-19)24-18-6-4-5-16(11-18)15-28(26,27)21-7-2-1-3-8-21/h1-8,11,17,19-20,23H,9-10,12-15H2,(H,24,25). The summed E-state index contributed by atoms with van der Waals surface area (Å²) in [6.07, 6.45) is 5.11. The lowest BCUT2D eigenvalue weighted by Gasteiger charge is -2.28. The van der Waals surface area contributed by atoms with E-state index in [9.17, 15) is 13.2 Å². The van der Waals surface area contributed by atoms with Crippen LogP contribution in [0.1, 0.15) is 37.7 Å². The van der Waals surface area contributed by atoms with Crippen molar-refractivity contribution in [3.8, 4) is 0 Å². The molecule has 2 atom stereocenters. The smallest absolute Gasteiger partial charge is 0.224 e. The fourth-order valence-corrected chi connectivity index (χ4v) is 5.84. The van der Waals surface area contributed by atoms with Crippen LogP contribution in [0.15, 0.2) is 59.5 Å². The molecule has 2 heterocycles. The maximum atomic E-state index is 12.6. The number of rotatable bonds is 6. The summed E-state index contributed by atoms with van der Waals surface area (Å²) in [5.74, 6) is 0.355. The average Bonchev–Trinajstić information content (AvgIpc) is 3.00. The van der Waals surface area contributed by atoms with Gasteiger partial charge in [0.2, 0.25) is 5.91 Å². The van der Waals surface area contributed by atoms with Gasteiger partial charge in [-0.15, -0.1) is 0 Å². The summed E-state index contributed by atoms with van der Waals surface area (Å²) in [7, 11) is -3.41. The zero-order valence-electron chi connectivity index (χ0n) is 15.8. The van der Waals surface area contributed by atoms with E-state index in [-0.39, 0.29) is 11.7 Å². The minimum atomic E-state index is -3.41. The van der Waals surface area contributed by atoms with Gasteiger partial charge in [-0.2, -0.15) is 0 Å². The maximum Gasteiger partial charge on any atom is 0.224 e. The summed E-state index contributed by atoms with van der Waals surface area (Å²) in [5, 5.41) is 6.55. The van der Waals surface area contributed by atoms with Gasteiger partial charge in [-0.3, -0.25) is 4.79 Å². The molecule has 0 radical (unpaired) electrons. The van der Waals surface area contributed by atoms with Gasteiger partial charge in [0.05, 0.1) is 10.6 Å². The molecular weight excluding hydrogens is 372 g/mol. The summed E-state index contributed by atoms with van der Waals surface area (Å²) < 4.78 is 25.1. The molecule has 2 unspecified atom stereocenters. The molecule has 2 aromatic rings. The van der Waals surface area contributed by atoms with E-state index in [1.165, 1.54) is 12.8 Å². The highest BCUT2D eigenvalue weighted by Crippen LogP contribution is 2.32. The van der Waals surface area contributed by atoms with Crippen molar-refractivity contribution >= 4 is 21.4 Å². The number of amides is 1. The molecule has 0 aromatic heterocycles. The summed E-state index contributed by atoms with van der Waals surface area (Å²) in [6.45, 7) is 0. The van der Waals surface area contributed by atoms with Crippen LogP contribution in [0.3, 0.4) is 0 Å².